The predicted octanol–water partition coefficient (Wildman–Crippen LogP) is 1.11. The first-order valence-electron chi connectivity index (χ1n) is 7.96. The van der Waals surface area contributed by atoms with Crippen LogP contribution in [0.5, 0.6) is 0 Å². The number of nitrogens with zero attached hydrogens (tertiary/aromatic N) is 2. The average molecular weight is 293 g/mol. The van der Waals surface area contributed by atoms with Gasteiger partial charge in [0.15, 0.2) is 0 Å². The van der Waals surface area contributed by atoms with Gasteiger partial charge in [0, 0.05) is 19.1 Å². The van der Waals surface area contributed by atoms with Crippen LogP contribution in [-0.2, 0) is 9.59 Å². The van der Waals surface area contributed by atoms with Crippen molar-refractivity contribution in [3.8, 4) is 0 Å². The molecule has 1 N–H and O–H groups in total. The summed E-state index contributed by atoms with van der Waals surface area (Å²) in [5.74, 6) is -0.693. The molecule has 6 heteroatoms. The lowest BCUT2D eigenvalue weighted by Crippen LogP contribution is -2.59. The number of rotatable bonds is 4. The lowest BCUT2D eigenvalue weighted by molar-refractivity contribution is -0.144. The molecule has 3 fully saturated rings. The van der Waals surface area contributed by atoms with Crippen LogP contribution in [0.15, 0.2) is 0 Å². The number of likely N-dealkylation sites (tertiary alicyclic amines) is 1. The summed E-state index contributed by atoms with van der Waals surface area (Å²) >= 11 is 0. The monoisotopic (exact) mass is 293 g/mol. The number of carbonyl (C=O) groups is 3. The molecule has 116 valence electrons. The van der Waals surface area contributed by atoms with E-state index in [1.807, 2.05) is 0 Å². The fourth-order valence-corrected chi connectivity index (χ4v) is 3.42. The molecule has 3 rings (SSSR count). The number of piperidine rings is 1. The highest BCUT2D eigenvalue weighted by Crippen LogP contribution is 2.48. The zero-order chi connectivity index (χ0) is 15.0. The van der Waals surface area contributed by atoms with Gasteiger partial charge < -0.3 is 4.90 Å². The minimum absolute atomic E-state index is 0.289. The molecule has 2 heterocycles. The highest BCUT2D eigenvalue weighted by Gasteiger charge is 2.61. The molecule has 1 atom stereocenters. The Balaban J connectivity index is 1.53. The first-order valence-corrected chi connectivity index (χ1v) is 7.96. The van der Waals surface area contributed by atoms with E-state index in [0.717, 1.165) is 19.5 Å². The van der Waals surface area contributed by atoms with Crippen LogP contribution >= 0.6 is 0 Å². The van der Waals surface area contributed by atoms with Crippen LogP contribution in [0.4, 0.5) is 4.79 Å². The Kier molecular flexibility index (Phi) is 3.73. The molecule has 0 aromatic carbocycles. The SMILES string of the molecule is CC1CCCCN1CCCN1C(=O)NC(=O)C2(CC2)C1=O. The standard InChI is InChI=1S/C15H23N3O3/c1-11-5-2-3-8-17(11)9-4-10-18-13(20)15(6-7-15)12(19)16-14(18)21/h11H,2-10H2,1H3,(H,16,19,21). The Morgan fingerprint density at radius 1 is 1.19 bits per heavy atom. The van der Waals surface area contributed by atoms with Crippen LogP contribution < -0.4 is 5.32 Å². The van der Waals surface area contributed by atoms with E-state index in [9.17, 15) is 14.4 Å². The maximum Gasteiger partial charge on any atom is 0.330 e. The lowest BCUT2D eigenvalue weighted by Gasteiger charge is -2.34. The lowest BCUT2D eigenvalue weighted by atomic mass is 10.0. The van der Waals surface area contributed by atoms with E-state index >= 15 is 0 Å². The van der Waals surface area contributed by atoms with E-state index in [1.54, 1.807) is 0 Å². The van der Waals surface area contributed by atoms with Gasteiger partial charge in [-0.25, -0.2) is 4.79 Å². The third-order valence-corrected chi connectivity index (χ3v) is 5.07. The Morgan fingerprint density at radius 2 is 1.95 bits per heavy atom. The quantitative estimate of drug-likeness (QED) is 0.788. The average Bonchev–Trinajstić information content (AvgIpc) is 3.24. The minimum atomic E-state index is -0.910. The molecule has 0 aromatic rings. The van der Waals surface area contributed by atoms with Crippen molar-refractivity contribution in [3.63, 3.8) is 0 Å². The van der Waals surface area contributed by atoms with E-state index in [0.29, 0.717) is 25.4 Å². The predicted molar refractivity (Wildman–Crippen MR) is 76.4 cm³/mol. The number of amides is 4. The van der Waals surface area contributed by atoms with Gasteiger partial charge in [0.25, 0.3) is 0 Å². The van der Waals surface area contributed by atoms with Crippen molar-refractivity contribution in [2.45, 2.75) is 51.5 Å². The Hall–Kier alpha value is -1.43. The molecule has 0 aromatic heterocycles. The second-order valence-corrected chi connectivity index (χ2v) is 6.53. The number of urea groups is 1. The number of barbiturate groups is 1. The summed E-state index contributed by atoms with van der Waals surface area (Å²) < 4.78 is 0. The Bertz CT molecular complexity index is 473. The van der Waals surface area contributed by atoms with Crippen molar-refractivity contribution in [2.24, 2.45) is 5.41 Å². The molecular weight excluding hydrogens is 270 g/mol. The van der Waals surface area contributed by atoms with Crippen LogP contribution in [0, 0.1) is 5.41 Å². The van der Waals surface area contributed by atoms with Crippen molar-refractivity contribution in [1.82, 2.24) is 15.1 Å². The largest absolute Gasteiger partial charge is 0.330 e. The molecular formula is C15H23N3O3. The highest BCUT2D eigenvalue weighted by molar-refractivity contribution is 6.20. The molecule has 6 nitrogen and oxygen atoms in total. The van der Waals surface area contributed by atoms with Crippen LogP contribution in [0.2, 0.25) is 0 Å². The fourth-order valence-electron chi connectivity index (χ4n) is 3.42. The summed E-state index contributed by atoms with van der Waals surface area (Å²) in [6, 6.07) is 0.0372. The smallest absolute Gasteiger partial charge is 0.301 e. The number of nitrogens with one attached hydrogen (secondary N) is 1. The number of imide groups is 2. The topological polar surface area (TPSA) is 69.7 Å². The number of hydrogen-bond donors (Lipinski definition) is 1. The van der Waals surface area contributed by atoms with E-state index in [4.69, 9.17) is 0 Å². The van der Waals surface area contributed by atoms with E-state index in [2.05, 4.69) is 17.1 Å². The van der Waals surface area contributed by atoms with E-state index in [1.165, 1.54) is 24.2 Å². The highest BCUT2D eigenvalue weighted by atomic mass is 16.2. The number of carbonyl (C=O) groups excluding carboxylic acids is 3. The number of hydrogen-bond acceptors (Lipinski definition) is 4. The van der Waals surface area contributed by atoms with Crippen molar-refractivity contribution >= 4 is 17.8 Å². The fraction of sp³-hybridized carbons (Fsp3) is 0.800. The van der Waals surface area contributed by atoms with Gasteiger partial charge in [0.05, 0.1) is 0 Å². The van der Waals surface area contributed by atoms with Crippen molar-refractivity contribution in [3.05, 3.63) is 0 Å². The van der Waals surface area contributed by atoms with Crippen LogP contribution in [-0.4, -0.2) is 53.3 Å². The second kappa shape index (κ2) is 5.40. The van der Waals surface area contributed by atoms with Crippen molar-refractivity contribution in [2.75, 3.05) is 19.6 Å². The van der Waals surface area contributed by atoms with Gasteiger partial charge in [-0.3, -0.25) is 19.8 Å². The Morgan fingerprint density at radius 3 is 2.62 bits per heavy atom. The molecule has 2 saturated heterocycles. The van der Waals surface area contributed by atoms with Gasteiger partial charge in [-0.2, -0.15) is 0 Å². The van der Waals surface area contributed by atoms with Crippen molar-refractivity contribution < 1.29 is 14.4 Å². The molecule has 2 aliphatic heterocycles. The molecule has 3 aliphatic rings. The summed E-state index contributed by atoms with van der Waals surface area (Å²) in [6.45, 7) is 4.64. The van der Waals surface area contributed by atoms with Gasteiger partial charge in [-0.05, 0) is 45.6 Å². The molecule has 1 aliphatic carbocycles. The summed E-state index contributed by atoms with van der Waals surface area (Å²) in [5, 5.41) is 2.32. The summed E-state index contributed by atoms with van der Waals surface area (Å²) in [5.41, 5.74) is -0.910. The normalized spacial score (nSPS) is 28.9. The van der Waals surface area contributed by atoms with Crippen LogP contribution in [0.25, 0.3) is 0 Å². The zero-order valence-electron chi connectivity index (χ0n) is 12.6. The van der Waals surface area contributed by atoms with Gasteiger partial charge in [0.1, 0.15) is 5.41 Å². The molecule has 1 unspecified atom stereocenters. The summed E-state index contributed by atoms with van der Waals surface area (Å²) in [4.78, 5) is 39.5. The van der Waals surface area contributed by atoms with E-state index < -0.39 is 17.4 Å². The van der Waals surface area contributed by atoms with E-state index in [-0.39, 0.29) is 5.91 Å². The van der Waals surface area contributed by atoms with Gasteiger partial charge in [-0.15, -0.1) is 0 Å². The molecule has 0 radical (unpaired) electrons. The molecule has 21 heavy (non-hydrogen) atoms. The summed E-state index contributed by atoms with van der Waals surface area (Å²) in [6.07, 6.45) is 5.66. The molecule has 1 saturated carbocycles. The van der Waals surface area contributed by atoms with Gasteiger partial charge in [0.2, 0.25) is 11.8 Å². The molecule has 4 amide bonds. The summed E-state index contributed by atoms with van der Waals surface area (Å²) in [7, 11) is 0. The minimum Gasteiger partial charge on any atom is -0.301 e. The maximum absolute atomic E-state index is 12.3. The van der Waals surface area contributed by atoms with Crippen molar-refractivity contribution in [1.29, 1.82) is 0 Å². The third kappa shape index (κ3) is 2.57. The van der Waals surface area contributed by atoms with Crippen LogP contribution in [0.3, 0.4) is 0 Å². The first kappa shape index (κ1) is 14.5. The second-order valence-electron chi connectivity index (χ2n) is 6.53. The van der Waals surface area contributed by atoms with Gasteiger partial charge >= 0.3 is 6.03 Å². The Labute approximate surface area is 124 Å². The molecule has 0 bridgehead atoms. The zero-order valence-corrected chi connectivity index (χ0v) is 12.6. The first-order chi connectivity index (χ1) is 10.0. The maximum atomic E-state index is 12.3. The van der Waals surface area contributed by atoms with Crippen LogP contribution in [0.1, 0.15) is 45.4 Å². The molecule has 1 spiro atoms. The van der Waals surface area contributed by atoms with Gasteiger partial charge in [-0.1, -0.05) is 6.42 Å². The third-order valence-electron chi connectivity index (χ3n) is 5.07.